The summed E-state index contributed by atoms with van der Waals surface area (Å²) in [4.78, 5) is 0. The van der Waals surface area contributed by atoms with Gasteiger partial charge in [0.05, 0.1) is 5.69 Å². The molecule has 0 unspecified atom stereocenters. The van der Waals surface area contributed by atoms with Crippen LogP contribution in [-0.4, -0.2) is 9.78 Å². The van der Waals surface area contributed by atoms with E-state index in [1.165, 1.54) is 10.7 Å². The second kappa shape index (κ2) is 4.03. The average molecular weight is 281 g/mol. The van der Waals surface area contributed by atoms with Crippen LogP contribution in [0.4, 0.5) is 19.0 Å². The van der Waals surface area contributed by atoms with E-state index in [0.717, 1.165) is 6.07 Å². The van der Waals surface area contributed by atoms with Gasteiger partial charge in [0, 0.05) is 24.1 Å². The second-order valence-corrected chi connectivity index (χ2v) is 4.44. The maximum absolute atomic E-state index is 12.6. The van der Waals surface area contributed by atoms with Crippen LogP contribution >= 0.6 is 0 Å². The highest BCUT2D eigenvalue weighted by Gasteiger charge is 2.35. The first-order valence-corrected chi connectivity index (χ1v) is 5.75. The normalized spacial score (nSPS) is 12.2. The molecule has 0 bridgehead atoms. The van der Waals surface area contributed by atoms with Crippen molar-refractivity contribution < 1.29 is 17.6 Å². The SMILES string of the molecule is Cn1nc(-c2ccc3oc(C(F)(F)F)cc3c2)cc1N. The van der Waals surface area contributed by atoms with E-state index in [-0.39, 0.29) is 5.58 Å². The van der Waals surface area contributed by atoms with E-state index in [0.29, 0.717) is 22.5 Å². The van der Waals surface area contributed by atoms with Crippen LogP contribution in [0, 0.1) is 0 Å². The molecule has 7 heteroatoms. The zero-order valence-corrected chi connectivity index (χ0v) is 10.4. The van der Waals surface area contributed by atoms with E-state index in [9.17, 15) is 13.2 Å². The Labute approximate surface area is 111 Å². The molecule has 2 N–H and O–H groups in total. The number of rotatable bonds is 1. The Morgan fingerprint density at radius 2 is 1.95 bits per heavy atom. The third-order valence-electron chi connectivity index (χ3n) is 3.01. The van der Waals surface area contributed by atoms with Crippen molar-refractivity contribution in [3.8, 4) is 11.3 Å². The van der Waals surface area contributed by atoms with Crippen molar-refractivity contribution in [3.05, 3.63) is 36.1 Å². The number of hydrogen-bond acceptors (Lipinski definition) is 3. The van der Waals surface area contributed by atoms with Crippen molar-refractivity contribution in [1.82, 2.24) is 9.78 Å². The van der Waals surface area contributed by atoms with Gasteiger partial charge < -0.3 is 10.2 Å². The molecule has 20 heavy (non-hydrogen) atoms. The molecule has 0 aliphatic carbocycles. The molecule has 2 aromatic heterocycles. The van der Waals surface area contributed by atoms with E-state index in [2.05, 4.69) is 5.10 Å². The minimum Gasteiger partial charge on any atom is -0.452 e. The Bertz CT molecular complexity index is 766. The van der Waals surface area contributed by atoms with Crippen LogP contribution < -0.4 is 5.73 Å². The van der Waals surface area contributed by atoms with E-state index in [1.54, 1.807) is 25.2 Å². The molecule has 0 spiro atoms. The van der Waals surface area contributed by atoms with Crippen molar-refractivity contribution in [2.24, 2.45) is 7.05 Å². The summed E-state index contributed by atoms with van der Waals surface area (Å²) in [7, 11) is 1.69. The van der Waals surface area contributed by atoms with E-state index in [1.807, 2.05) is 0 Å². The molecule has 0 radical (unpaired) electrons. The van der Waals surface area contributed by atoms with E-state index < -0.39 is 11.9 Å². The van der Waals surface area contributed by atoms with E-state index in [4.69, 9.17) is 10.2 Å². The van der Waals surface area contributed by atoms with Crippen molar-refractivity contribution in [1.29, 1.82) is 0 Å². The van der Waals surface area contributed by atoms with Crippen LogP contribution in [0.1, 0.15) is 5.76 Å². The predicted octanol–water partition coefficient (Wildman–Crippen LogP) is 3.43. The fourth-order valence-electron chi connectivity index (χ4n) is 1.97. The molecule has 3 aromatic rings. The van der Waals surface area contributed by atoms with Crippen molar-refractivity contribution in [3.63, 3.8) is 0 Å². The third-order valence-corrected chi connectivity index (χ3v) is 3.01. The van der Waals surface area contributed by atoms with Crippen LogP contribution in [0.5, 0.6) is 0 Å². The fraction of sp³-hybridized carbons (Fsp3) is 0.154. The lowest BCUT2D eigenvalue weighted by molar-refractivity contribution is -0.152. The molecule has 0 aliphatic rings. The summed E-state index contributed by atoms with van der Waals surface area (Å²) in [6.45, 7) is 0. The third kappa shape index (κ3) is 2.01. The number of benzene rings is 1. The molecule has 104 valence electrons. The lowest BCUT2D eigenvalue weighted by Gasteiger charge is -1.98. The molecule has 4 nitrogen and oxygen atoms in total. The molecule has 2 heterocycles. The van der Waals surface area contributed by atoms with Gasteiger partial charge in [-0.25, -0.2) is 0 Å². The zero-order valence-electron chi connectivity index (χ0n) is 10.4. The second-order valence-electron chi connectivity index (χ2n) is 4.44. The van der Waals surface area contributed by atoms with Gasteiger partial charge in [-0.05, 0) is 24.3 Å². The molecular formula is C13H10F3N3O. The Morgan fingerprint density at radius 3 is 2.55 bits per heavy atom. The number of nitrogen functional groups attached to an aromatic ring is 1. The minimum atomic E-state index is -4.49. The first kappa shape index (κ1) is 12.6. The first-order valence-electron chi connectivity index (χ1n) is 5.75. The number of aromatic nitrogens is 2. The topological polar surface area (TPSA) is 57.0 Å². The number of alkyl halides is 3. The highest BCUT2D eigenvalue weighted by atomic mass is 19.4. The summed E-state index contributed by atoms with van der Waals surface area (Å²) in [6, 6.07) is 7.37. The smallest absolute Gasteiger partial charge is 0.449 e. The summed E-state index contributed by atoms with van der Waals surface area (Å²) in [5, 5.41) is 4.56. The van der Waals surface area contributed by atoms with Gasteiger partial charge in [0.1, 0.15) is 11.4 Å². The molecule has 0 saturated carbocycles. The average Bonchev–Trinajstić information content (AvgIpc) is 2.92. The number of aryl methyl sites for hydroxylation is 1. The highest BCUT2D eigenvalue weighted by Crippen LogP contribution is 2.35. The largest absolute Gasteiger partial charge is 0.452 e. The Morgan fingerprint density at radius 1 is 1.20 bits per heavy atom. The lowest BCUT2D eigenvalue weighted by Crippen LogP contribution is -2.01. The summed E-state index contributed by atoms with van der Waals surface area (Å²) in [5.41, 5.74) is 7.15. The summed E-state index contributed by atoms with van der Waals surface area (Å²) in [5.74, 6) is -0.534. The Balaban J connectivity index is 2.11. The standard InChI is InChI=1S/C13H10F3N3O/c1-19-12(17)6-9(18-19)7-2-3-10-8(4-7)5-11(20-10)13(14,15)16/h2-6H,17H2,1H3. The van der Waals surface area contributed by atoms with Crippen molar-refractivity contribution in [2.45, 2.75) is 6.18 Å². The maximum Gasteiger partial charge on any atom is 0.449 e. The van der Waals surface area contributed by atoms with Crippen LogP contribution in [0.15, 0.2) is 34.7 Å². The number of anilines is 1. The van der Waals surface area contributed by atoms with Crippen LogP contribution in [0.3, 0.4) is 0 Å². The van der Waals surface area contributed by atoms with Gasteiger partial charge in [-0.1, -0.05) is 0 Å². The summed E-state index contributed by atoms with van der Waals surface area (Å²) < 4.78 is 44.0. The highest BCUT2D eigenvalue weighted by molar-refractivity contribution is 5.83. The molecule has 0 fully saturated rings. The lowest BCUT2D eigenvalue weighted by atomic mass is 10.1. The van der Waals surface area contributed by atoms with Gasteiger partial charge in [0.25, 0.3) is 0 Å². The molecule has 3 rings (SSSR count). The van der Waals surface area contributed by atoms with Gasteiger partial charge in [0.2, 0.25) is 5.76 Å². The molecule has 0 saturated heterocycles. The Kier molecular flexibility index (Phi) is 2.53. The molecular weight excluding hydrogens is 271 g/mol. The number of furan rings is 1. The van der Waals surface area contributed by atoms with Gasteiger partial charge in [-0.3, -0.25) is 4.68 Å². The van der Waals surface area contributed by atoms with Crippen molar-refractivity contribution >= 4 is 16.8 Å². The number of fused-ring (bicyclic) bond motifs is 1. The van der Waals surface area contributed by atoms with Crippen LogP contribution in [-0.2, 0) is 13.2 Å². The fourth-order valence-corrected chi connectivity index (χ4v) is 1.97. The molecule has 0 amide bonds. The zero-order chi connectivity index (χ0) is 14.5. The number of hydrogen-bond donors (Lipinski definition) is 1. The van der Waals surface area contributed by atoms with Crippen LogP contribution in [0.25, 0.3) is 22.2 Å². The van der Waals surface area contributed by atoms with Crippen LogP contribution in [0.2, 0.25) is 0 Å². The number of nitrogens with two attached hydrogens (primary N) is 1. The number of halogens is 3. The van der Waals surface area contributed by atoms with Gasteiger partial charge in [-0.15, -0.1) is 0 Å². The summed E-state index contributed by atoms with van der Waals surface area (Å²) >= 11 is 0. The quantitative estimate of drug-likeness (QED) is 0.743. The van der Waals surface area contributed by atoms with Crippen molar-refractivity contribution in [2.75, 3.05) is 5.73 Å². The monoisotopic (exact) mass is 281 g/mol. The first-order chi connectivity index (χ1) is 9.34. The predicted molar refractivity (Wildman–Crippen MR) is 67.8 cm³/mol. The molecule has 0 aliphatic heterocycles. The maximum atomic E-state index is 12.6. The van der Waals surface area contributed by atoms with Gasteiger partial charge >= 0.3 is 6.18 Å². The molecule has 0 atom stereocenters. The summed E-state index contributed by atoms with van der Waals surface area (Å²) in [6.07, 6.45) is -4.49. The number of nitrogens with zero attached hydrogens (tertiary/aromatic N) is 2. The Hall–Kier alpha value is -2.44. The minimum absolute atomic E-state index is 0.185. The molecule has 1 aromatic carbocycles. The van der Waals surface area contributed by atoms with Gasteiger partial charge in [-0.2, -0.15) is 18.3 Å². The van der Waals surface area contributed by atoms with E-state index >= 15 is 0 Å². The van der Waals surface area contributed by atoms with Gasteiger partial charge in [0.15, 0.2) is 0 Å².